The molecular weight excluding hydrogens is 248 g/mol. The van der Waals surface area contributed by atoms with E-state index in [9.17, 15) is 4.79 Å². The van der Waals surface area contributed by atoms with Crippen LogP contribution in [0.3, 0.4) is 0 Å². The molecule has 2 aliphatic carbocycles. The Morgan fingerprint density at radius 1 is 1.25 bits per heavy atom. The second-order valence-electron chi connectivity index (χ2n) is 5.92. The zero-order valence-electron chi connectivity index (χ0n) is 11.7. The molecule has 0 bridgehead atoms. The minimum Gasteiger partial charge on any atom is -0.326 e. The van der Waals surface area contributed by atoms with Crippen LogP contribution in [0.25, 0.3) is 0 Å². The molecule has 0 saturated heterocycles. The van der Waals surface area contributed by atoms with Crippen molar-refractivity contribution < 1.29 is 4.79 Å². The first-order valence-electron chi connectivity index (χ1n) is 7.53. The third-order valence-corrected chi connectivity index (χ3v) is 4.62. The molecule has 3 nitrogen and oxygen atoms in total. The highest BCUT2D eigenvalue weighted by atomic mass is 16.2. The average Bonchev–Trinajstić information content (AvgIpc) is 3.11. The number of hydrogen-bond donors (Lipinski definition) is 0. The van der Waals surface area contributed by atoms with Crippen molar-refractivity contribution in [1.82, 2.24) is 4.90 Å². The summed E-state index contributed by atoms with van der Waals surface area (Å²) in [5, 5.41) is 8.99. The Morgan fingerprint density at radius 2 is 1.95 bits per heavy atom. The summed E-state index contributed by atoms with van der Waals surface area (Å²) in [5.41, 5.74) is 1.26. The summed E-state index contributed by atoms with van der Waals surface area (Å²) < 4.78 is 0. The number of hydrogen-bond acceptors (Lipinski definition) is 2. The van der Waals surface area contributed by atoms with Gasteiger partial charge in [-0.25, -0.2) is 0 Å². The van der Waals surface area contributed by atoms with Gasteiger partial charge in [0.15, 0.2) is 0 Å². The van der Waals surface area contributed by atoms with Crippen LogP contribution in [0.1, 0.15) is 43.6 Å². The molecular formula is C17H20N2O. The smallest absolute Gasteiger partial charge is 0.227 e. The zero-order chi connectivity index (χ0) is 13.9. The lowest BCUT2D eigenvalue weighted by Crippen LogP contribution is -2.40. The Bertz CT molecular complexity index is 514. The quantitative estimate of drug-likeness (QED) is 0.788. The summed E-state index contributed by atoms with van der Waals surface area (Å²) in [4.78, 5) is 14.5. The first kappa shape index (κ1) is 13.2. The predicted octanol–water partition coefficient (Wildman–Crippen LogP) is 3.08. The lowest BCUT2D eigenvalue weighted by molar-refractivity contribution is -0.134. The van der Waals surface area contributed by atoms with Crippen LogP contribution in [0.15, 0.2) is 30.3 Å². The van der Waals surface area contributed by atoms with Gasteiger partial charge in [-0.3, -0.25) is 4.79 Å². The standard InChI is InChI=1S/C17H20N2O/c18-10-11-19(14-8-4-5-9-14)17(20)16-12-15(16)13-6-2-1-3-7-13/h1-3,6-7,14-16H,4-5,8-9,11-12H2. The molecule has 1 amide bonds. The molecule has 0 N–H and O–H groups in total. The van der Waals surface area contributed by atoms with Crippen LogP contribution < -0.4 is 0 Å². The van der Waals surface area contributed by atoms with Crippen molar-refractivity contribution in [3.8, 4) is 6.07 Å². The van der Waals surface area contributed by atoms with Crippen molar-refractivity contribution in [1.29, 1.82) is 5.26 Å². The maximum Gasteiger partial charge on any atom is 0.227 e. The summed E-state index contributed by atoms with van der Waals surface area (Å²) in [6.07, 6.45) is 5.45. The van der Waals surface area contributed by atoms with Gasteiger partial charge in [-0.1, -0.05) is 43.2 Å². The number of carbonyl (C=O) groups is 1. The number of carbonyl (C=O) groups excluding carboxylic acids is 1. The molecule has 0 spiro atoms. The largest absolute Gasteiger partial charge is 0.326 e. The van der Waals surface area contributed by atoms with Gasteiger partial charge in [-0.15, -0.1) is 0 Å². The van der Waals surface area contributed by atoms with Gasteiger partial charge in [-0.05, 0) is 30.7 Å². The maximum atomic E-state index is 12.6. The van der Waals surface area contributed by atoms with Crippen molar-refractivity contribution in [3.63, 3.8) is 0 Å². The highest BCUT2D eigenvalue weighted by molar-refractivity contribution is 5.83. The average molecular weight is 268 g/mol. The van der Waals surface area contributed by atoms with Crippen LogP contribution in [-0.2, 0) is 4.79 Å². The van der Waals surface area contributed by atoms with E-state index < -0.39 is 0 Å². The van der Waals surface area contributed by atoms with Gasteiger partial charge in [0.05, 0.1) is 6.07 Å². The van der Waals surface area contributed by atoms with Gasteiger partial charge >= 0.3 is 0 Å². The first-order chi connectivity index (χ1) is 9.81. The van der Waals surface area contributed by atoms with Crippen molar-refractivity contribution >= 4 is 5.91 Å². The minimum absolute atomic E-state index is 0.103. The van der Waals surface area contributed by atoms with E-state index >= 15 is 0 Å². The monoisotopic (exact) mass is 268 g/mol. The first-order valence-corrected chi connectivity index (χ1v) is 7.53. The fraction of sp³-hybridized carbons (Fsp3) is 0.529. The van der Waals surface area contributed by atoms with Gasteiger partial charge in [-0.2, -0.15) is 5.26 Å². The highest BCUT2D eigenvalue weighted by Gasteiger charge is 2.46. The molecule has 2 fully saturated rings. The van der Waals surface area contributed by atoms with Crippen molar-refractivity contribution in [2.45, 2.75) is 44.1 Å². The molecule has 0 radical (unpaired) electrons. The SMILES string of the molecule is N#CCN(C(=O)C1CC1c1ccccc1)C1CCCC1. The summed E-state index contributed by atoms with van der Waals surface area (Å²) >= 11 is 0. The fourth-order valence-electron chi connectivity index (χ4n) is 3.43. The van der Waals surface area contributed by atoms with Crippen molar-refractivity contribution in [2.24, 2.45) is 5.92 Å². The van der Waals surface area contributed by atoms with Crippen LogP contribution in [0, 0.1) is 17.2 Å². The Balaban J connectivity index is 1.67. The van der Waals surface area contributed by atoms with E-state index in [0.29, 0.717) is 12.0 Å². The zero-order valence-corrected chi connectivity index (χ0v) is 11.7. The fourth-order valence-corrected chi connectivity index (χ4v) is 3.43. The molecule has 3 rings (SSSR count). The van der Waals surface area contributed by atoms with E-state index in [-0.39, 0.29) is 18.4 Å². The highest BCUT2D eigenvalue weighted by Crippen LogP contribution is 2.48. The van der Waals surface area contributed by atoms with Crippen molar-refractivity contribution in [2.75, 3.05) is 6.54 Å². The van der Waals surface area contributed by atoms with E-state index in [1.807, 2.05) is 23.1 Å². The molecule has 1 aromatic carbocycles. The molecule has 0 heterocycles. The van der Waals surface area contributed by atoms with Gasteiger partial charge in [0.1, 0.15) is 6.54 Å². The maximum absolute atomic E-state index is 12.6. The van der Waals surface area contributed by atoms with Crippen LogP contribution in [0.2, 0.25) is 0 Å². The topological polar surface area (TPSA) is 44.1 Å². The van der Waals surface area contributed by atoms with Gasteiger partial charge in [0, 0.05) is 12.0 Å². The molecule has 1 aromatic rings. The molecule has 20 heavy (non-hydrogen) atoms. The van der Waals surface area contributed by atoms with Crippen LogP contribution in [-0.4, -0.2) is 23.4 Å². The van der Waals surface area contributed by atoms with Gasteiger partial charge < -0.3 is 4.90 Å². The van der Waals surface area contributed by atoms with Crippen molar-refractivity contribution in [3.05, 3.63) is 35.9 Å². The molecule has 2 saturated carbocycles. The lowest BCUT2D eigenvalue weighted by Gasteiger charge is -2.26. The van der Waals surface area contributed by atoms with Gasteiger partial charge in [0.2, 0.25) is 5.91 Å². The molecule has 2 atom stereocenters. The Hall–Kier alpha value is -1.82. The summed E-state index contributed by atoms with van der Waals surface area (Å²) in [7, 11) is 0. The van der Waals surface area contributed by atoms with Crippen LogP contribution in [0.5, 0.6) is 0 Å². The minimum atomic E-state index is 0.103. The number of nitrogens with zero attached hydrogens (tertiary/aromatic N) is 2. The van der Waals surface area contributed by atoms with E-state index in [1.165, 1.54) is 18.4 Å². The summed E-state index contributed by atoms with van der Waals surface area (Å²) in [5.74, 6) is 0.671. The lowest BCUT2D eigenvalue weighted by atomic mass is 10.1. The van der Waals surface area contributed by atoms with E-state index in [4.69, 9.17) is 5.26 Å². The summed E-state index contributed by atoms with van der Waals surface area (Å²) in [6.45, 7) is 0.251. The normalized spacial score (nSPS) is 25.1. The summed E-state index contributed by atoms with van der Waals surface area (Å²) in [6, 6.07) is 12.7. The Morgan fingerprint density at radius 3 is 2.60 bits per heavy atom. The molecule has 2 unspecified atom stereocenters. The second-order valence-corrected chi connectivity index (χ2v) is 5.92. The molecule has 2 aliphatic rings. The van der Waals surface area contributed by atoms with E-state index in [2.05, 4.69) is 18.2 Å². The third kappa shape index (κ3) is 2.56. The molecule has 104 valence electrons. The van der Waals surface area contributed by atoms with Gasteiger partial charge in [0.25, 0.3) is 0 Å². The number of rotatable bonds is 4. The van der Waals surface area contributed by atoms with Crippen LogP contribution in [0.4, 0.5) is 0 Å². The molecule has 0 aromatic heterocycles. The van der Waals surface area contributed by atoms with E-state index in [0.717, 1.165) is 19.3 Å². The van der Waals surface area contributed by atoms with E-state index in [1.54, 1.807) is 0 Å². The Labute approximate surface area is 120 Å². The third-order valence-electron chi connectivity index (χ3n) is 4.62. The Kier molecular flexibility index (Phi) is 3.73. The number of nitriles is 1. The number of benzene rings is 1. The molecule has 3 heteroatoms. The second kappa shape index (κ2) is 5.66. The molecule has 0 aliphatic heterocycles. The van der Waals surface area contributed by atoms with Crippen LogP contribution >= 0.6 is 0 Å². The predicted molar refractivity (Wildman–Crippen MR) is 76.9 cm³/mol. The number of amides is 1.